The van der Waals surface area contributed by atoms with Crippen LogP contribution >= 0.6 is 0 Å². The Hall–Kier alpha value is -3.41. The number of furan rings is 1. The quantitative estimate of drug-likeness (QED) is 0.465. The lowest BCUT2D eigenvalue weighted by Crippen LogP contribution is -2.48. The zero-order valence-corrected chi connectivity index (χ0v) is 18.9. The minimum Gasteiger partial charge on any atom is -0.455 e. The van der Waals surface area contributed by atoms with E-state index in [2.05, 4.69) is 10.6 Å². The molecule has 0 unspecified atom stereocenters. The van der Waals surface area contributed by atoms with Crippen molar-refractivity contribution in [1.82, 2.24) is 0 Å². The Kier molecular flexibility index (Phi) is 5.05. The van der Waals surface area contributed by atoms with Gasteiger partial charge < -0.3 is 15.1 Å². The summed E-state index contributed by atoms with van der Waals surface area (Å²) in [5, 5.41) is 5.57. The summed E-state index contributed by atoms with van der Waals surface area (Å²) in [4.78, 5) is 25.9. The van der Waals surface area contributed by atoms with Gasteiger partial charge in [0.1, 0.15) is 11.6 Å². The van der Waals surface area contributed by atoms with Crippen LogP contribution in [0.2, 0.25) is 0 Å². The summed E-state index contributed by atoms with van der Waals surface area (Å²) in [5.74, 6) is 2.44. The van der Waals surface area contributed by atoms with Crippen LogP contribution in [0, 0.1) is 23.6 Å². The first-order valence-electron chi connectivity index (χ1n) is 12.0. The van der Waals surface area contributed by atoms with Gasteiger partial charge >= 0.3 is 0 Å². The van der Waals surface area contributed by atoms with Crippen molar-refractivity contribution in [2.24, 2.45) is 17.8 Å². The van der Waals surface area contributed by atoms with Gasteiger partial charge in [-0.3, -0.25) is 9.59 Å². The number of amides is 2. The van der Waals surface area contributed by atoms with E-state index in [-0.39, 0.29) is 22.9 Å². The summed E-state index contributed by atoms with van der Waals surface area (Å²) >= 11 is 0. The summed E-state index contributed by atoms with van der Waals surface area (Å²) in [5.41, 5.74) is 1.26. The van der Waals surface area contributed by atoms with Gasteiger partial charge in [0.2, 0.25) is 0 Å². The Bertz CT molecular complexity index is 1210. The van der Waals surface area contributed by atoms with E-state index in [0.29, 0.717) is 16.9 Å². The monoisotopic (exact) mass is 458 g/mol. The smallest absolute Gasteiger partial charge is 0.291 e. The Labute approximate surface area is 197 Å². The Morgan fingerprint density at radius 1 is 0.794 bits per heavy atom. The van der Waals surface area contributed by atoms with Gasteiger partial charge in [-0.05, 0) is 105 Å². The number of benzene rings is 2. The predicted molar refractivity (Wildman–Crippen MR) is 127 cm³/mol. The van der Waals surface area contributed by atoms with Crippen LogP contribution in [0.15, 0.2) is 65.1 Å². The molecule has 2 amide bonds. The molecule has 0 saturated heterocycles. The average molecular weight is 459 g/mol. The van der Waals surface area contributed by atoms with E-state index in [9.17, 15) is 14.0 Å². The normalized spacial score (nSPS) is 26.9. The van der Waals surface area contributed by atoms with Crippen LogP contribution < -0.4 is 10.6 Å². The molecule has 6 heteroatoms. The van der Waals surface area contributed by atoms with E-state index >= 15 is 0 Å². The van der Waals surface area contributed by atoms with Crippen LogP contribution in [0.25, 0.3) is 0 Å². The number of nitrogens with one attached hydrogen (secondary N) is 2. The minimum absolute atomic E-state index is 0.0836. The summed E-state index contributed by atoms with van der Waals surface area (Å²) in [6, 6.07) is 16.1. The minimum atomic E-state index is -0.392. The van der Waals surface area contributed by atoms with Crippen LogP contribution in [-0.2, 0) is 5.41 Å². The molecule has 4 aliphatic carbocycles. The molecule has 4 fully saturated rings. The average Bonchev–Trinajstić information content (AvgIpc) is 3.32. The first-order valence-corrected chi connectivity index (χ1v) is 12.0. The van der Waals surface area contributed by atoms with Crippen molar-refractivity contribution in [2.45, 2.75) is 43.9 Å². The van der Waals surface area contributed by atoms with Crippen molar-refractivity contribution in [1.29, 1.82) is 0 Å². The summed E-state index contributed by atoms with van der Waals surface area (Å²) in [6.07, 6.45) is 7.55. The molecule has 4 saturated carbocycles. The summed E-state index contributed by atoms with van der Waals surface area (Å²) in [7, 11) is 0. The van der Waals surface area contributed by atoms with Gasteiger partial charge in [-0.2, -0.15) is 0 Å². The van der Waals surface area contributed by atoms with Crippen molar-refractivity contribution >= 4 is 23.2 Å². The third-order valence-corrected chi connectivity index (χ3v) is 7.91. The molecule has 0 radical (unpaired) electrons. The molecule has 1 aromatic heterocycles. The SMILES string of the molecule is O=C(Nc1ccccc1C(=O)Nc1ccc(F)cc1)c1ccc(C23CC4CC(CC(C4)C2)C3)o1. The number of carbonyl (C=O) groups is 2. The number of anilines is 2. The van der Waals surface area contributed by atoms with Gasteiger partial charge in [-0.25, -0.2) is 4.39 Å². The zero-order valence-electron chi connectivity index (χ0n) is 18.9. The summed E-state index contributed by atoms with van der Waals surface area (Å²) < 4.78 is 19.3. The predicted octanol–water partition coefficient (Wildman–Crippen LogP) is 6.39. The maximum Gasteiger partial charge on any atom is 0.291 e. The molecule has 34 heavy (non-hydrogen) atoms. The van der Waals surface area contributed by atoms with Gasteiger partial charge in [0.05, 0.1) is 11.3 Å². The fourth-order valence-electron chi connectivity index (χ4n) is 6.86. The van der Waals surface area contributed by atoms with Crippen molar-refractivity contribution in [3.63, 3.8) is 0 Å². The van der Waals surface area contributed by atoms with Gasteiger partial charge in [0.15, 0.2) is 5.76 Å². The van der Waals surface area contributed by atoms with E-state index < -0.39 is 5.91 Å². The maximum atomic E-state index is 13.2. The van der Waals surface area contributed by atoms with Crippen LogP contribution in [0.1, 0.15) is 65.2 Å². The molecule has 174 valence electrons. The van der Waals surface area contributed by atoms with E-state index in [1.165, 1.54) is 62.8 Å². The number of halogens is 1. The second-order valence-electron chi connectivity index (χ2n) is 10.3. The number of hydrogen-bond donors (Lipinski definition) is 2. The van der Waals surface area contributed by atoms with Gasteiger partial charge in [-0.15, -0.1) is 0 Å². The fraction of sp³-hybridized carbons (Fsp3) is 0.357. The molecule has 4 bridgehead atoms. The molecule has 7 rings (SSSR count). The standard InChI is InChI=1S/C28H27FN2O3/c29-20-5-7-21(8-6-20)30-26(32)22-3-1-2-4-23(22)31-27(33)24-9-10-25(34-24)28-14-17-11-18(15-28)13-19(12-17)16-28/h1-10,17-19H,11-16H2,(H,30,32)(H,31,33). The lowest BCUT2D eigenvalue weighted by atomic mass is 9.49. The third kappa shape index (κ3) is 3.81. The number of carbonyl (C=O) groups excluding carboxylic acids is 2. The van der Waals surface area contributed by atoms with Gasteiger partial charge in [-0.1, -0.05) is 12.1 Å². The zero-order chi connectivity index (χ0) is 23.3. The number of para-hydroxylation sites is 1. The second kappa shape index (κ2) is 8.12. The van der Waals surface area contributed by atoms with Crippen LogP contribution in [0.4, 0.5) is 15.8 Å². The molecule has 2 aromatic carbocycles. The van der Waals surface area contributed by atoms with Crippen molar-refractivity contribution in [2.75, 3.05) is 10.6 Å². The highest BCUT2D eigenvalue weighted by atomic mass is 19.1. The molecular formula is C28H27FN2O3. The van der Waals surface area contributed by atoms with Crippen molar-refractivity contribution in [3.05, 3.63) is 83.6 Å². The highest BCUT2D eigenvalue weighted by Crippen LogP contribution is 2.60. The topological polar surface area (TPSA) is 71.3 Å². The van der Waals surface area contributed by atoms with Crippen LogP contribution in [0.5, 0.6) is 0 Å². The third-order valence-electron chi connectivity index (χ3n) is 7.91. The molecule has 1 heterocycles. The van der Waals surface area contributed by atoms with E-state index in [1.807, 2.05) is 6.07 Å². The first-order chi connectivity index (χ1) is 16.5. The Balaban J connectivity index is 1.19. The lowest BCUT2D eigenvalue weighted by Gasteiger charge is -2.55. The highest BCUT2D eigenvalue weighted by Gasteiger charge is 2.53. The van der Waals surface area contributed by atoms with E-state index in [1.54, 1.807) is 30.3 Å². The molecule has 0 aliphatic heterocycles. The number of hydrogen-bond acceptors (Lipinski definition) is 3. The van der Waals surface area contributed by atoms with E-state index in [4.69, 9.17) is 4.42 Å². The molecule has 3 aromatic rings. The summed E-state index contributed by atoms with van der Waals surface area (Å²) in [6.45, 7) is 0. The Morgan fingerprint density at radius 3 is 2.12 bits per heavy atom. The molecule has 2 N–H and O–H groups in total. The molecule has 0 atom stereocenters. The maximum absolute atomic E-state index is 13.2. The highest BCUT2D eigenvalue weighted by molar-refractivity contribution is 6.11. The van der Waals surface area contributed by atoms with Crippen molar-refractivity contribution < 1.29 is 18.4 Å². The second-order valence-corrected chi connectivity index (χ2v) is 10.3. The van der Waals surface area contributed by atoms with E-state index in [0.717, 1.165) is 23.5 Å². The van der Waals surface area contributed by atoms with Crippen molar-refractivity contribution in [3.8, 4) is 0 Å². The largest absolute Gasteiger partial charge is 0.455 e. The molecule has 5 nitrogen and oxygen atoms in total. The first kappa shape index (κ1) is 21.1. The number of rotatable bonds is 5. The Morgan fingerprint density at radius 2 is 1.44 bits per heavy atom. The van der Waals surface area contributed by atoms with Crippen LogP contribution in [-0.4, -0.2) is 11.8 Å². The molecular weight excluding hydrogens is 431 g/mol. The van der Waals surface area contributed by atoms with Gasteiger partial charge in [0, 0.05) is 11.1 Å². The van der Waals surface area contributed by atoms with Gasteiger partial charge in [0.25, 0.3) is 11.8 Å². The molecule has 4 aliphatic rings. The van der Waals surface area contributed by atoms with Crippen LogP contribution in [0.3, 0.4) is 0 Å². The fourth-order valence-corrected chi connectivity index (χ4v) is 6.86. The lowest BCUT2D eigenvalue weighted by molar-refractivity contribution is -0.0154. The molecule has 0 spiro atoms.